The molecular formula is C21H20N2O2S2. The van der Waals surface area contributed by atoms with E-state index in [0.717, 1.165) is 43.1 Å². The average molecular weight is 397 g/mol. The van der Waals surface area contributed by atoms with E-state index in [2.05, 4.69) is 17.0 Å². The van der Waals surface area contributed by atoms with Crippen molar-refractivity contribution in [2.45, 2.75) is 6.92 Å². The minimum absolute atomic E-state index is 0.0638. The van der Waals surface area contributed by atoms with Crippen LogP contribution in [0.3, 0.4) is 0 Å². The topological polar surface area (TPSA) is 32.8 Å². The maximum Gasteiger partial charge on any atom is 0.270 e. The van der Waals surface area contributed by atoms with Gasteiger partial charge in [-0.05, 0) is 42.8 Å². The summed E-state index contributed by atoms with van der Waals surface area (Å²) < 4.78 is 5.97. The summed E-state index contributed by atoms with van der Waals surface area (Å²) >= 11 is 6.79. The summed E-state index contributed by atoms with van der Waals surface area (Å²) in [6.45, 7) is 5.38. The van der Waals surface area contributed by atoms with Crippen LogP contribution in [0.25, 0.3) is 6.08 Å². The second kappa shape index (κ2) is 7.84. The number of amides is 1. The number of rotatable bonds is 3. The lowest BCUT2D eigenvalue weighted by atomic mass is 10.1. The van der Waals surface area contributed by atoms with Crippen molar-refractivity contribution in [2.24, 2.45) is 0 Å². The number of benzene rings is 2. The highest BCUT2D eigenvalue weighted by molar-refractivity contribution is 8.27. The Balaban J connectivity index is 1.53. The first-order valence-electron chi connectivity index (χ1n) is 8.89. The molecule has 1 amide bonds. The van der Waals surface area contributed by atoms with Gasteiger partial charge < -0.3 is 9.64 Å². The molecule has 0 saturated carbocycles. The molecule has 2 heterocycles. The fourth-order valence-corrected chi connectivity index (χ4v) is 4.44. The average Bonchev–Trinajstić information content (AvgIpc) is 2.97. The smallest absolute Gasteiger partial charge is 0.270 e. The van der Waals surface area contributed by atoms with Crippen LogP contribution >= 0.6 is 24.0 Å². The Morgan fingerprint density at radius 2 is 1.63 bits per heavy atom. The summed E-state index contributed by atoms with van der Waals surface area (Å²) in [5.74, 6) is -0.0638. The van der Waals surface area contributed by atoms with Crippen molar-refractivity contribution in [2.75, 3.05) is 36.1 Å². The van der Waals surface area contributed by atoms with Crippen molar-refractivity contribution in [1.82, 2.24) is 0 Å². The summed E-state index contributed by atoms with van der Waals surface area (Å²) in [7, 11) is 0. The van der Waals surface area contributed by atoms with Gasteiger partial charge in [-0.25, -0.2) is 0 Å². The molecule has 2 aromatic carbocycles. The fraction of sp³-hybridized carbons (Fsp3) is 0.238. The zero-order valence-corrected chi connectivity index (χ0v) is 16.7. The number of thiocarbonyl (C=S) groups is 1. The Bertz CT molecular complexity index is 885. The largest absolute Gasteiger partial charge is 0.378 e. The minimum atomic E-state index is -0.0638. The van der Waals surface area contributed by atoms with Gasteiger partial charge in [-0.2, -0.15) is 0 Å². The van der Waals surface area contributed by atoms with Gasteiger partial charge in [0.15, 0.2) is 4.32 Å². The summed E-state index contributed by atoms with van der Waals surface area (Å²) in [5.41, 5.74) is 4.15. The van der Waals surface area contributed by atoms with Crippen LogP contribution in [-0.2, 0) is 9.53 Å². The molecule has 0 radical (unpaired) electrons. The Morgan fingerprint density at radius 1 is 1.00 bits per heavy atom. The van der Waals surface area contributed by atoms with Crippen LogP contribution in [0.4, 0.5) is 11.4 Å². The summed E-state index contributed by atoms with van der Waals surface area (Å²) in [4.78, 5) is 17.4. The predicted molar refractivity (Wildman–Crippen MR) is 116 cm³/mol. The molecule has 2 saturated heterocycles. The number of carbonyl (C=O) groups is 1. The van der Waals surface area contributed by atoms with E-state index in [4.69, 9.17) is 17.0 Å². The number of thioether (sulfide) groups is 1. The van der Waals surface area contributed by atoms with Crippen LogP contribution < -0.4 is 9.80 Å². The van der Waals surface area contributed by atoms with E-state index in [0.29, 0.717) is 9.23 Å². The molecule has 2 fully saturated rings. The Labute approximate surface area is 168 Å². The molecule has 4 nitrogen and oxygen atoms in total. The first kappa shape index (κ1) is 18.2. The third-order valence-electron chi connectivity index (χ3n) is 4.65. The number of hydrogen-bond acceptors (Lipinski definition) is 5. The van der Waals surface area contributed by atoms with E-state index in [9.17, 15) is 4.79 Å². The van der Waals surface area contributed by atoms with E-state index in [1.54, 1.807) is 4.90 Å². The molecule has 0 N–H and O–H groups in total. The lowest BCUT2D eigenvalue weighted by molar-refractivity contribution is -0.113. The molecule has 0 spiro atoms. The zero-order valence-electron chi connectivity index (χ0n) is 15.1. The normalized spacial score (nSPS) is 19.2. The number of hydrogen-bond donors (Lipinski definition) is 0. The van der Waals surface area contributed by atoms with Crippen molar-refractivity contribution in [3.63, 3.8) is 0 Å². The number of anilines is 2. The van der Waals surface area contributed by atoms with Gasteiger partial charge >= 0.3 is 0 Å². The number of carbonyl (C=O) groups excluding carboxylic acids is 1. The third kappa shape index (κ3) is 3.93. The minimum Gasteiger partial charge on any atom is -0.378 e. The summed E-state index contributed by atoms with van der Waals surface area (Å²) in [6, 6.07) is 16.1. The monoisotopic (exact) mass is 396 g/mol. The van der Waals surface area contributed by atoms with Crippen molar-refractivity contribution in [3.05, 3.63) is 64.6 Å². The predicted octanol–water partition coefficient (Wildman–Crippen LogP) is 4.24. The van der Waals surface area contributed by atoms with Gasteiger partial charge in [-0.3, -0.25) is 9.69 Å². The Kier molecular flexibility index (Phi) is 5.29. The molecule has 27 heavy (non-hydrogen) atoms. The number of aryl methyl sites for hydroxylation is 1. The number of morpholine rings is 1. The zero-order chi connectivity index (χ0) is 18.8. The van der Waals surface area contributed by atoms with Crippen LogP contribution in [0, 0.1) is 6.92 Å². The first-order chi connectivity index (χ1) is 13.1. The van der Waals surface area contributed by atoms with E-state index in [1.807, 2.05) is 49.4 Å². The highest BCUT2D eigenvalue weighted by Crippen LogP contribution is 2.36. The van der Waals surface area contributed by atoms with Gasteiger partial charge in [-0.15, -0.1) is 0 Å². The molecule has 2 aromatic rings. The van der Waals surface area contributed by atoms with Crippen molar-refractivity contribution in [1.29, 1.82) is 0 Å². The van der Waals surface area contributed by atoms with Crippen molar-refractivity contribution < 1.29 is 9.53 Å². The second-order valence-corrected chi connectivity index (χ2v) is 8.22. The molecule has 138 valence electrons. The van der Waals surface area contributed by atoms with Crippen molar-refractivity contribution in [3.8, 4) is 0 Å². The van der Waals surface area contributed by atoms with Gasteiger partial charge in [0.05, 0.1) is 23.8 Å². The van der Waals surface area contributed by atoms with Crippen molar-refractivity contribution >= 4 is 51.7 Å². The van der Waals surface area contributed by atoms with Gasteiger partial charge in [-0.1, -0.05) is 53.8 Å². The molecule has 0 aliphatic carbocycles. The summed E-state index contributed by atoms with van der Waals surface area (Å²) in [5, 5.41) is 0. The van der Waals surface area contributed by atoms with Crippen LogP contribution in [0.5, 0.6) is 0 Å². The first-order valence-corrected chi connectivity index (χ1v) is 10.1. The standard InChI is InChI=1S/C21H20N2O2S2/c1-15-2-6-18(7-3-15)23-20(24)19(27-21(23)26)14-16-4-8-17(9-5-16)22-10-12-25-13-11-22/h2-9,14H,10-13H2,1H3/b19-14-. The molecule has 0 aromatic heterocycles. The number of ether oxygens (including phenoxy) is 1. The van der Waals surface area contributed by atoms with E-state index in [-0.39, 0.29) is 5.91 Å². The van der Waals surface area contributed by atoms with Gasteiger partial charge in [0.25, 0.3) is 5.91 Å². The molecule has 2 aliphatic heterocycles. The summed E-state index contributed by atoms with van der Waals surface area (Å²) in [6.07, 6.45) is 1.91. The maximum atomic E-state index is 12.8. The van der Waals surface area contributed by atoms with Crippen LogP contribution in [-0.4, -0.2) is 36.5 Å². The van der Waals surface area contributed by atoms with Crippen LogP contribution in [0.1, 0.15) is 11.1 Å². The lowest BCUT2D eigenvalue weighted by Gasteiger charge is -2.28. The number of nitrogens with zero attached hydrogens (tertiary/aromatic N) is 2. The van der Waals surface area contributed by atoms with E-state index in [1.165, 1.54) is 17.4 Å². The quantitative estimate of drug-likeness (QED) is 0.573. The molecular weight excluding hydrogens is 376 g/mol. The SMILES string of the molecule is Cc1ccc(N2C(=O)/C(=C/c3ccc(N4CCOCC4)cc3)SC2=S)cc1. The van der Waals surface area contributed by atoms with Gasteiger partial charge in [0.1, 0.15) is 0 Å². The molecule has 0 unspecified atom stereocenters. The highest BCUT2D eigenvalue weighted by atomic mass is 32.2. The Morgan fingerprint density at radius 3 is 2.30 bits per heavy atom. The maximum absolute atomic E-state index is 12.8. The molecule has 0 bridgehead atoms. The van der Waals surface area contributed by atoms with Gasteiger partial charge in [0.2, 0.25) is 0 Å². The molecule has 2 aliphatic rings. The Hall–Kier alpha value is -2.15. The van der Waals surface area contributed by atoms with Gasteiger partial charge in [0, 0.05) is 18.8 Å². The fourth-order valence-electron chi connectivity index (χ4n) is 3.14. The van der Waals surface area contributed by atoms with Crippen LogP contribution in [0.2, 0.25) is 0 Å². The lowest BCUT2D eigenvalue weighted by Crippen LogP contribution is -2.36. The van der Waals surface area contributed by atoms with Crippen LogP contribution in [0.15, 0.2) is 53.4 Å². The highest BCUT2D eigenvalue weighted by Gasteiger charge is 2.33. The second-order valence-electron chi connectivity index (χ2n) is 6.54. The third-order valence-corrected chi connectivity index (χ3v) is 5.96. The molecule has 0 atom stereocenters. The van der Waals surface area contributed by atoms with E-state index >= 15 is 0 Å². The molecule has 6 heteroatoms. The molecule has 4 rings (SSSR count). The van der Waals surface area contributed by atoms with E-state index < -0.39 is 0 Å².